The van der Waals surface area contributed by atoms with Crippen LogP contribution in [0.1, 0.15) is 12.1 Å². The number of rotatable bonds is 2. The second-order valence-corrected chi connectivity index (χ2v) is 3.40. The molecule has 14 heavy (non-hydrogen) atoms. The minimum Gasteiger partial charge on any atom is -0.392 e. The summed E-state index contributed by atoms with van der Waals surface area (Å²) in [4.78, 5) is 13.0. The summed E-state index contributed by atoms with van der Waals surface area (Å²) >= 11 is 1.43. The number of nitrogens with zero attached hydrogens (tertiary/aromatic N) is 2. The average Bonchev–Trinajstić information content (AvgIpc) is 2.02. The molecule has 8 heteroatoms. The number of hydrogen-bond donors (Lipinski definition) is 1. The molecule has 0 amide bonds. The van der Waals surface area contributed by atoms with E-state index in [9.17, 15) is 18.9 Å². The molecule has 5 nitrogen and oxygen atoms in total. The third kappa shape index (κ3) is 1.89. The van der Waals surface area contributed by atoms with Crippen molar-refractivity contribution < 1.29 is 13.7 Å². The van der Waals surface area contributed by atoms with Crippen LogP contribution in [0.25, 0.3) is 0 Å². The summed E-state index contributed by atoms with van der Waals surface area (Å²) < 4.78 is 24.3. The Kier molecular flexibility index (Phi) is 3.13. The molecule has 0 fully saturated rings. The predicted octanol–water partition coefficient (Wildman–Crippen LogP) is 2.11. The van der Waals surface area contributed by atoms with Crippen LogP contribution in [-0.4, -0.2) is 9.91 Å². The highest BCUT2D eigenvalue weighted by Gasteiger charge is 2.25. The van der Waals surface area contributed by atoms with Crippen LogP contribution < -0.4 is 5.73 Å². The van der Waals surface area contributed by atoms with Gasteiger partial charge in [0.15, 0.2) is 0 Å². The first-order valence-corrected chi connectivity index (χ1v) is 4.39. The highest BCUT2D eigenvalue weighted by atomic mass is 127. The van der Waals surface area contributed by atoms with E-state index >= 15 is 0 Å². The van der Waals surface area contributed by atoms with Crippen LogP contribution in [0.5, 0.6) is 0 Å². The molecule has 0 spiro atoms. The summed E-state index contributed by atoms with van der Waals surface area (Å²) in [6.07, 6.45) is -1.98. The first-order valence-electron chi connectivity index (χ1n) is 3.31. The monoisotopic (exact) mass is 315 g/mol. The SMILES string of the molecule is Nc1cnc(C(F)F)c(I)c1[N+](=O)[O-]. The van der Waals surface area contributed by atoms with Crippen LogP contribution in [0.2, 0.25) is 0 Å². The quantitative estimate of drug-likeness (QED) is 0.515. The molecule has 1 rings (SSSR count). The van der Waals surface area contributed by atoms with E-state index in [4.69, 9.17) is 5.73 Å². The zero-order valence-electron chi connectivity index (χ0n) is 6.58. The van der Waals surface area contributed by atoms with E-state index in [-0.39, 0.29) is 9.26 Å². The number of hydrogen-bond acceptors (Lipinski definition) is 4. The Balaban J connectivity index is 3.41. The van der Waals surface area contributed by atoms with Crippen molar-refractivity contribution in [3.63, 3.8) is 0 Å². The summed E-state index contributed by atoms with van der Waals surface area (Å²) in [5.41, 5.74) is 3.88. The highest BCUT2D eigenvalue weighted by Crippen LogP contribution is 2.33. The Morgan fingerprint density at radius 3 is 2.64 bits per heavy atom. The maximum absolute atomic E-state index is 12.3. The van der Waals surface area contributed by atoms with E-state index in [1.807, 2.05) is 0 Å². The van der Waals surface area contributed by atoms with E-state index in [0.717, 1.165) is 6.20 Å². The maximum atomic E-state index is 12.3. The zero-order chi connectivity index (χ0) is 10.9. The highest BCUT2D eigenvalue weighted by molar-refractivity contribution is 14.1. The molecular weight excluding hydrogens is 311 g/mol. The molecule has 1 heterocycles. The Morgan fingerprint density at radius 1 is 1.64 bits per heavy atom. The molecule has 0 saturated heterocycles. The molecule has 0 aromatic carbocycles. The van der Waals surface area contributed by atoms with E-state index in [2.05, 4.69) is 4.98 Å². The lowest BCUT2D eigenvalue weighted by Gasteiger charge is -2.04. The number of nitrogen functional groups attached to an aromatic ring is 1. The van der Waals surface area contributed by atoms with Gasteiger partial charge in [-0.3, -0.25) is 15.1 Å². The smallest absolute Gasteiger partial charge is 0.308 e. The van der Waals surface area contributed by atoms with Gasteiger partial charge in [0.05, 0.1) is 11.1 Å². The average molecular weight is 315 g/mol. The standard InChI is InChI=1S/C6H4F2IN3O2/c7-6(8)4-3(9)5(12(13)14)2(10)1-11-4/h1,6H,10H2. The van der Waals surface area contributed by atoms with E-state index in [1.165, 1.54) is 22.6 Å². The van der Waals surface area contributed by atoms with Gasteiger partial charge in [-0.15, -0.1) is 0 Å². The molecule has 1 aromatic heterocycles. The molecule has 0 bridgehead atoms. The van der Waals surface area contributed by atoms with Crippen LogP contribution in [0.15, 0.2) is 6.20 Å². The Morgan fingerprint density at radius 2 is 2.21 bits per heavy atom. The van der Waals surface area contributed by atoms with Gasteiger partial charge in [0.25, 0.3) is 6.43 Å². The van der Waals surface area contributed by atoms with E-state index < -0.39 is 22.7 Å². The van der Waals surface area contributed by atoms with Crippen molar-refractivity contribution in [3.8, 4) is 0 Å². The molecule has 0 atom stereocenters. The number of alkyl halides is 2. The molecule has 0 aliphatic carbocycles. The fourth-order valence-electron chi connectivity index (χ4n) is 0.843. The first-order chi connectivity index (χ1) is 6.45. The zero-order valence-corrected chi connectivity index (χ0v) is 8.73. The molecule has 0 saturated carbocycles. The van der Waals surface area contributed by atoms with Gasteiger partial charge in [0, 0.05) is 0 Å². The van der Waals surface area contributed by atoms with Crippen molar-refractivity contribution >= 4 is 34.0 Å². The van der Waals surface area contributed by atoms with Gasteiger partial charge in [-0.25, -0.2) is 8.78 Å². The topological polar surface area (TPSA) is 82.0 Å². The third-order valence-corrected chi connectivity index (χ3v) is 2.50. The van der Waals surface area contributed by atoms with Crippen molar-refractivity contribution in [2.24, 2.45) is 0 Å². The minimum atomic E-state index is -2.85. The van der Waals surface area contributed by atoms with Crippen LogP contribution in [0.4, 0.5) is 20.2 Å². The van der Waals surface area contributed by atoms with Gasteiger partial charge in [0.1, 0.15) is 15.0 Å². The molecule has 76 valence electrons. The lowest BCUT2D eigenvalue weighted by Crippen LogP contribution is -2.04. The molecular formula is C6H4F2IN3O2. The second-order valence-electron chi connectivity index (χ2n) is 2.32. The van der Waals surface area contributed by atoms with Crippen LogP contribution >= 0.6 is 22.6 Å². The maximum Gasteiger partial charge on any atom is 0.308 e. The molecule has 0 radical (unpaired) electrons. The van der Waals surface area contributed by atoms with Crippen molar-refractivity contribution in [2.75, 3.05) is 5.73 Å². The Bertz CT molecular complexity index is 386. The number of nitrogens with two attached hydrogens (primary N) is 1. The van der Waals surface area contributed by atoms with Crippen LogP contribution in [-0.2, 0) is 0 Å². The van der Waals surface area contributed by atoms with Crippen LogP contribution in [0.3, 0.4) is 0 Å². The number of aromatic nitrogens is 1. The van der Waals surface area contributed by atoms with Gasteiger partial charge in [-0.05, 0) is 22.6 Å². The largest absolute Gasteiger partial charge is 0.392 e. The molecule has 0 aliphatic heterocycles. The number of nitro groups is 1. The molecule has 1 aromatic rings. The van der Waals surface area contributed by atoms with Gasteiger partial charge < -0.3 is 5.73 Å². The second kappa shape index (κ2) is 3.98. The summed E-state index contributed by atoms with van der Waals surface area (Å²) in [5, 5.41) is 10.5. The van der Waals surface area contributed by atoms with Crippen molar-refractivity contribution in [1.82, 2.24) is 4.98 Å². The lowest BCUT2D eigenvalue weighted by molar-refractivity contribution is -0.385. The fraction of sp³-hybridized carbons (Fsp3) is 0.167. The van der Waals surface area contributed by atoms with Crippen LogP contribution in [0, 0.1) is 13.7 Å². The molecule has 0 aliphatic rings. The minimum absolute atomic E-state index is 0.219. The molecule has 2 N–H and O–H groups in total. The van der Waals surface area contributed by atoms with Gasteiger partial charge in [0.2, 0.25) is 0 Å². The normalized spacial score (nSPS) is 10.6. The summed E-state index contributed by atoms with van der Waals surface area (Å²) in [6.45, 7) is 0. The van der Waals surface area contributed by atoms with Crippen molar-refractivity contribution in [1.29, 1.82) is 0 Å². The summed E-state index contributed by atoms with van der Waals surface area (Å²) in [6, 6.07) is 0. The first kappa shape index (κ1) is 11.0. The van der Waals surface area contributed by atoms with Crippen molar-refractivity contribution in [3.05, 3.63) is 25.6 Å². The van der Waals surface area contributed by atoms with Gasteiger partial charge in [-0.1, -0.05) is 0 Å². The Labute approximate surface area is 90.6 Å². The number of anilines is 1. The summed E-state index contributed by atoms with van der Waals surface area (Å²) in [7, 11) is 0. The predicted molar refractivity (Wildman–Crippen MR) is 53.0 cm³/mol. The Hall–Kier alpha value is -1.06. The van der Waals surface area contributed by atoms with Gasteiger partial charge in [-0.2, -0.15) is 0 Å². The van der Waals surface area contributed by atoms with E-state index in [0.29, 0.717) is 0 Å². The fourth-order valence-corrected chi connectivity index (χ4v) is 1.73. The number of halogens is 3. The summed E-state index contributed by atoms with van der Waals surface area (Å²) in [5.74, 6) is 0. The van der Waals surface area contributed by atoms with Gasteiger partial charge >= 0.3 is 5.69 Å². The van der Waals surface area contributed by atoms with E-state index in [1.54, 1.807) is 0 Å². The van der Waals surface area contributed by atoms with Crippen molar-refractivity contribution in [2.45, 2.75) is 6.43 Å². The molecule has 0 unspecified atom stereocenters. The lowest BCUT2D eigenvalue weighted by atomic mass is 10.3. The number of pyridine rings is 1. The third-order valence-electron chi connectivity index (χ3n) is 1.44.